The van der Waals surface area contributed by atoms with Gasteiger partial charge in [0.1, 0.15) is 5.82 Å². The van der Waals surface area contributed by atoms with Crippen LogP contribution in [0.3, 0.4) is 0 Å². The van der Waals surface area contributed by atoms with Crippen molar-refractivity contribution in [3.8, 4) is 11.3 Å². The Hall–Kier alpha value is -4.89. The number of piperazine rings is 1. The molecule has 43 heavy (non-hydrogen) atoms. The third kappa shape index (κ3) is 6.79. The minimum atomic E-state index is -1.02. The van der Waals surface area contributed by atoms with Gasteiger partial charge in [0.05, 0.1) is 18.9 Å². The van der Waals surface area contributed by atoms with Gasteiger partial charge in [-0.2, -0.15) is 4.98 Å². The van der Waals surface area contributed by atoms with Gasteiger partial charge in [0.15, 0.2) is 0 Å². The van der Waals surface area contributed by atoms with Crippen molar-refractivity contribution < 1.29 is 24.2 Å². The molecule has 226 valence electrons. The van der Waals surface area contributed by atoms with Gasteiger partial charge in [-0.25, -0.2) is 19.7 Å². The molecule has 3 aliphatic heterocycles. The van der Waals surface area contributed by atoms with Gasteiger partial charge in [0.25, 0.3) is 5.91 Å². The molecule has 15 heteroatoms. The highest BCUT2D eigenvalue weighted by atomic mass is 16.5. The van der Waals surface area contributed by atoms with Gasteiger partial charge in [0.2, 0.25) is 17.8 Å². The fourth-order valence-electron chi connectivity index (χ4n) is 5.00. The van der Waals surface area contributed by atoms with Crippen molar-refractivity contribution in [2.45, 2.75) is 6.42 Å². The predicted octanol–water partition coefficient (Wildman–Crippen LogP) is 0.566. The van der Waals surface area contributed by atoms with Crippen molar-refractivity contribution in [1.82, 2.24) is 29.7 Å². The zero-order chi connectivity index (χ0) is 30.5. The van der Waals surface area contributed by atoms with E-state index in [4.69, 9.17) is 16.2 Å². The first-order valence-electron chi connectivity index (χ1n) is 13.9. The number of ether oxygens (including phenoxy) is 1. The Balaban J connectivity index is 0.000000181. The summed E-state index contributed by atoms with van der Waals surface area (Å²) in [5.74, 6) is 0.626. The number of benzene rings is 1. The van der Waals surface area contributed by atoms with Crippen LogP contribution in [-0.2, 0) is 11.2 Å². The smallest absolute Gasteiger partial charge is 0.413 e. The molecule has 6 rings (SSSR count). The van der Waals surface area contributed by atoms with E-state index in [1.165, 1.54) is 4.90 Å². The van der Waals surface area contributed by atoms with Crippen LogP contribution in [0.5, 0.6) is 0 Å². The molecule has 0 saturated carbocycles. The highest BCUT2D eigenvalue weighted by molar-refractivity contribution is 5.97. The fourth-order valence-corrected chi connectivity index (χ4v) is 5.00. The quantitative estimate of drug-likeness (QED) is 0.382. The van der Waals surface area contributed by atoms with Crippen LogP contribution in [0.4, 0.5) is 22.5 Å². The van der Waals surface area contributed by atoms with Gasteiger partial charge in [0, 0.05) is 80.5 Å². The summed E-state index contributed by atoms with van der Waals surface area (Å²) in [4.78, 5) is 59.2. The van der Waals surface area contributed by atoms with Gasteiger partial charge in [-0.15, -0.1) is 0 Å². The number of nitrogen functional groups attached to an aromatic ring is 1. The number of nitrogens with two attached hydrogens (primary N) is 2. The molecule has 5 heterocycles. The van der Waals surface area contributed by atoms with Gasteiger partial charge in [-0.1, -0.05) is 0 Å². The average Bonchev–Trinajstić information content (AvgIpc) is 3.46. The zero-order valence-corrected chi connectivity index (χ0v) is 23.8. The molecule has 0 atom stereocenters. The lowest BCUT2D eigenvalue weighted by Gasteiger charge is -2.32. The van der Waals surface area contributed by atoms with Gasteiger partial charge >= 0.3 is 6.09 Å². The number of amides is 3. The molecule has 15 nitrogen and oxygen atoms in total. The molecule has 2 saturated heterocycles. The summed E-state index contributed by atoms with van der Waals surface area (Å²) in [6.07, 6.45) is 2.71. The monoisotopic (exact) mass is 590 g/mol. The Morgan fingerprint density at radius 1 is 0.884 bits per heavy atom. The number of primary amides is 1. The number of carboxylic acid groups (broad SMARTS) is 1. The second-order valence-electron chi connectivity index (χ2n) is 10.3. The van der Waals surface area contributed by atoms with Crippen molar-refractivity contribution in [3.63, 3.8) is 0 Å². The Bertz CT molecular complexity index is 1470. The molecule has 0 radical (unpaired) electrons. The highest BCUT2D eigenvalue weighted by Crippen LogP contribution is 2.35. The maximum Gasteiger partial charge on any atom is 0.413 e. The Morgan fingerprint density at radius 2 is 1.51 bits per heavy atom. The van der Waals surface area contributed by atoms with E-state index in [0.29, 0.717) is 73.4 Å². The molecular formula is C28H34N10O5. The Kier molecular flexibility index (Phi) is 8.92. The summed E-state index contributed by atoms with van der Waals surface area (Å²) in [5, 5.41) is 9.45. The van der Waals surface area contributed by atoms with Crippen LogP contribution in [0.1, 0.15) is 26.3 Å². The summed E-state index contributed by atoms with van der Waals surface area (Å²) in [6.45, 7) is 6.12. The van der Waals surface area contributed by atoms with Crippen LogP contribution in [0.2, 0.25) is 0 Å². The number of hydrogen-bond donors (Lipinski definition) is 3. The summed E-state index contributed by atoms with van der Waals surface area (Å²) >= 11 is 0. The Morgan fingerprint density at radius 3 is 2.12 bits per heavy atom. The number of nitrogens with zero attached hydrogens (tertiary/aromatic N) is 8. The molecule has 2 aromatic heterocycles. The van der Waals surface area contributed by atoms with Crippen LogP contribution in [0, 0.1) is 0 Å². The second kappa shape index (κ2) is 13.0. The second-order valence-corrected chi connectivity index (χ2v) is 10.3. The zero-order valence-electron chi connectivity index (χ0n) is 23.8. The van der Waals surface area contributed by atoms with Crippen molar-refractivity contribution in [2.75, 3.05) is 81.6 Å². The van der Waals surface area contributed by atoms with E-state index in [2.05, 4.69) is 24.8 Å². The fraction of sp³-hybridized carbons (Fsp3) is 0.393. The molecular weight excluding hydrogens is 556 g/mol. The third-order valence-corrected chi connectivity index (χ3v) is 7.49. The van der Waals surface area contributed by atoms with E-state index in [0.717, 1.165) is 31.7 Å². The number of carbonyl (C=O) groups excluding carboxylic acids is 2. The number of fused-ring (bicyclic) bond motifs is 1. The molecule has 5 N–H and O–H groups in total. The van der Waals surface area contributed by atoms with Crippen LogP contribution >= 0.6 is 0 Å². The third-order valence-electron chi connectivity index (χ3n) is 7.49. The number of anilines is 3. The van der Waals surface area contributed by atoms with E-state index in [1.807, 2.05) is 16.8 Å². The topological polar surface area (TPSA) is 197 Å². The standard InChI is InChI=1S/C15H17N7O3.C13H17N3O2/c16-13-17-7-9(8-18-13)11-10-1-2-22(15(23)24)12(10)20-14(19-11)21-3-5-25-6-4-21;1-15-6-8-16(9-7-15)13(18)11-4-2-10(3-5-11)12(14)17/h7-8H,1-6H2,(H,23,24)(H2,16,17,18);2-5H,6-9H2,1H3,(H2,14,17). The van der Waals surface area contributed by atoms with Gasteiger partial charge in [-0.05, 0) is 37.7 Å². The SMILES string of the molecule is CN1CCN(C(=O)c2ccc(C(N)=O)cc2)CC1.Nc1ncc(-c2nc(N3CCOCC3)nc3c2CCN3C(=O)O)cn1. The lowest BCUT2D eigenvalue weighted by molar-refractivity contribution is 0.0663. The predicted molar refractivity (Wildman–Crippen MR) is 158 cm³/mol. The molecule has 0 bridgehead atoms. The number of rotatable bonds is 4. The van der Waals surface area contributed by atoms with Crippen LogP contribution in [0.15, 0.2) is 36.7 Å². The van der Waals surface area contributed by atoms with Crippen molar-refractivity contribution in [3.05, 3.63) is 53.3 Å². The minimum Gasteiger partial charge on any atom is -0.465 e. The van der Waals surface area contributed by atoms with E-state index < -0.39 is 12.0 Å². The van der Waals surface area contributed by atoms with E-state index in [9.17, 15) is 19.5 Å². The summed E-state index contributed by atoms with van der Waals surface area (Å²) in [6, 6.07) is 6.48. The molecule has 2 fully saturated rings. The first kappa shape index (κ1) is 29.6. The largest absolute Gasteiger partial charge is 0.465 e. The average molecular weight is 591 g/mol. The number of likely N-dealkylation sites (N-methyl/N-ethyl adjacent to an activating group) is 1. The van der Waals surface area contributed by atoms with Crippen LogP contribution < -0.4 is 21.3 Å². The first-order chi connectivity index (χ1) is 20.7. The van der Waals surface area contributed by atoms with E-state index >= 15 is 0 Å². The molecule has 3 amide bonds. The molecule has 0 aliphatic carbocycles. The van der Waals surface area contributed by atoms with E-state index in [1.54, 1.807) is 36.7 Å². The summed E-state index contributed by atoms with van der Waals surface area (Å²) < 4.78 is 5.37. The minimum absolute atomic E-state index is 0.0131. The Labute approximate surface area is 248 Å². The van der Waals surface area contributed by atoms with Crippen LogP contribution in [0.25, 0.3) is 11.3 Å². The lowest BCUT2D eigenvalue weighted by atomic mass is 10.1. The molecule has 0 spiro atoms. The first-order valence-corrected chi connectivity index (χ1v) is 13.9. The number of carbonyl (C=O) groups is 3. The molecule has 0 unspecified atom stereocenters. The summed E-state index contributed by atoms with van der Waals surface area (Å²) in [7, 11) is 2.05. The number of aromatic nitrogens is 4. The number of morpholine rings is 1. The maximum absolute atomic E-state index is 12.2. The highest BCUT2D eigenvalue weighted by Gasteiger charge is 2.31. The summed E-state index contributed by atoms with van der Waals surface area (Å²) in [5.41, 5.74) is 13.9. The molecule has 1 aromatic carbocycles. The van der Waals surface area contributed by atoms with Crippen molar-refractivity contribution in [2.24, 2.45) is 5.73 Å². The number of hydrogen-bond acceptors (Lipinski definition) is 11. The van der Waals surface area contributed by atoms with Gasteiger partial charge in [-0.3, -0.25) is 14.5 Å². The molecule has 3 aliphatic rings. The van der Waals surface area contributed by atoms with Gasteiger partial charge < -0.3 is 36.0 Å². The maximum atomic E-state index is 12.2. The van der Waals surface area contributed by atoms with E-state index in [-0.39, 0.29) is 11.9 Å². The van der Waals surface area contributed by atoms with Crippen LogP contribution in [-0.4, -0.2) is 119 Å². The van der Waals surface area contributed by atoms with Crippen molar-refractivity contribution >= 4 is 35.6 Å². The molecule has 3 aromatic rings. The lowest BCUT2D eigenvalue weighted by Crippen LogP contribution is -2.47. The van der Waals surface area contributed by atoms with Crippen molar-refractivity contribution in [1.29, 1.82) is 0 Å². The normalized spacial score (nSPS) is 16.7.